The molecule has 1 aliphatic heterocycles. The minimum absolute atomic E-state index is 0.128. The van der Waals surface area contributed by atoms with Gasteiger partial charge in [0.1, 0.15) is 11.3 Å². The maximum atomic E-state index is 13.0. The van der Waals surface area contributed by atoms with Gasteiger partial charge < -0.3 is 10.1 Å². The lowest BCUT2D eigenvalue weighted by atomic mass is 10.1. The summed E-state index contributed by atoms with van der Waals surface area (Å²) in [5, 5.41) is 5.84. The van der Waals surface area contributed by atoms with Crippen LogP contribution in [-0.2, 0) is 14.4 Å². The molecule has 0 saturated carbocycles. The number of benzene rings is 3. The van der Waals surface area contributed by atoms with Gasteiger partial charge in [-0.25, -0.2) is 9.69 Å². The van der Waals surface area contributed by atoms with Crippen molar-refractivity contribution in [3.63, 3.8) is 0 Å². The van der Waals surface area contributed by atoms with Crippen molar-refractivity contribution in [3.05, 3.63) is 91.9 Å². The molecule has 2 N–H and O–H groups in total. The molecular formula is C25H15Cl4N3O5. The lowest BCUT2D eigenvalue weighted by molar-refractivity contribution is -0.122. The second-order valence-corrected chi connectivity index (χ2v) is 9.25. The maximum Gasteiger partial charge on any atom is 0.335 e. The third kappa shape index (κ3) is 6.23. The monoisotopic (exact) mass is 577 g/mol. The van der Waals surface area contributed by atoms with Crippen LogP contribution in [0.5, 0.6) is 5.75 Å². The number of imide groups is 2. The van der Waals surface area contributed by atoms with E-state index < -0.39 is 23.8 Å². The van der Waals surface area contributed by atoms with Crippen molar-refractivity contribution in [2.45, 2.75) is 0 Å². The molecular weight excluding hydrogens is 564 g/mol. The third-order valence-corrected chi connectivity index (χ3v) is 6.27. The van der Waals surface area contributed by atoms with Crippen LogP contribution in [0.25, 0.3) is 6.08 Å². The van der Waals surface area contributed by atoms with E-state index in [4.69, 9.17) is 51.1 Å². The minimum atomic E-state index is -0.893. The van der Waals surface area contributed by atoms with Gasteiger partial charge in [-0.15, -0.1) is 0 Å². The molecule has 0 radical (unpaired) electrons. The number of barbiturate groups is 1. The van der Waals surface area contributed by atoms with E-state index in [0.717, 1.165) is 4.90 Å². The fourth-order valence-electron chi connectivity index (χ4n) is 3.31. The second-order valence-electron chi connectivity index (χ2n) is 7.59. The molecule has 3 aromatic carbocycles. The summed E-state index contributed by atoms with van der Waals surface area (Å²) in [6.45, 7) is -0.349. The minimum Gasteiger partial charge on any atom is -0.482 e. The van der Waals surface area contributed by atoms with Crippen LogP contribution in [0.1, 0.15) is 5.56 Å². The highest BCUT2D eigenvalue weighted by atomic mass is 35.5. The number of ether oxygens (including phenoxy) is 1. The van der Waals surface area contributed by atoms with Crippen molar-refractivity contribution in [2.24, 2.45) is 0 Å². The standard InChI is InChI=1S/C25H15Cl4N3O5/c26-14-2-1-3-16(10-14)32-24(35)17(23(34)31-25(32)36)8-13-4-7-21(20(29)9-13)37-12-22(33)30-15-5-6-18(27)19(28)11-15/h1-11H,12H2,(H,30,33)(H,31,34,36)/b17-8+. The number of hydrogen-bond acceptors (Lipinski definition) is 5. The third-order valence-electron chi connectivity index (χ3n) is 5.00. The quantitative estimate of drug-likeness (QED) is 0.276. The molecule has 188 valence electrons. The molecule has 4 rings (SSSR count). The van der Waals surface area contributed by atoms with E-state index in [1.165, 1.54) is 42.5 Å². The lowest BCUT2D eigenvalue weighted by Gasteiger charge is -2.26. The topological polar surface area (TPSA) is 105 Å². The number of nitrogens with zero attached hydrogens (tertiary/aromatic N) is 1. The zero-order valence-corrected chi connectivity index (χ0v) is 21.6. The van der Waals surface area contributed by atoms with Crippen LogP contribution in [-0.4, -0.2) is 30.4 Å². The van der Waals surface area contributed by atoms with Crippen LogP contribution < -0.4 is 20.3 Å². The summed E-state index contributed by atoms with van der Waals surface area (Å²) in [7, 11) is 0. The largest absolute Gasteiger partial charge is 0.482 e. The molecule has 37 heavy (non-hydrogen) atoms. The number of rotatable bonds is 6. The van der Waals surface area contributed by atoms with Gasteiger partial charge in [0.2, 0.25) is 0 Å². The molecule has 5 amide bonds. The van der Waals surface area contributed by atoms with E-state index in [-0.39, 0.29) is 28.6 Å². The number of carbonyl (C=O) groups excluding carboxylic acids is 4. The first-order chi connectivity index (χ1) is 17.6. The first-order valence-electron chi connectivity index (χ1n) is 10.5. The Morgan fingerprint density at radius 1 is 0.919 bits per heavy atom. The van der Waals surface area contributed by atoms with Gasteiger partial charge in [-0.05, 0) is 60.2 Å². The summed E-state index contributed by atoms with van der Waals surface area (Å²) in [5.41, 5.74) is 0.743. The van der Waals surface area contributed by atoms with Crippen molar-refractivity contribution in [3.8, 4) is 5.75 Å². The second kappa shape index (κ2) is 11.2. The molecule has 1 fully saturated rings. The Hall–Kier alpha value is -3.56. The van der Waals surface area contributed by atoms with Gasteiger partial charge in [0.25, 0.3) is 17.7 Å². The van der Waals surface area contributed by atoms with Crippen molar-refractivity contribution < 1.29 is 23.9 Å². The van der Waals surface area contributed by atoms with E-state index in [2.05, 4.69) is 10.6 Å². The number of nitrogens with one attached hydrogen (secondary N) is 2. The molecule has 8 nitrogen and oxygen atoms in total. The zero-order chi connectivity index (χ0) is 26.7. The molecule has 0 atom stereocenters. The van der Waals surface area contributed by atoms with E-state index >= 15 is 0 Å². The highest BCUT2D eigenvalue weighted by Crippen LogP contribution is 2.29. The Balaban J connectivity index is 1.47. The predicted octanol–water partition coefficient (Wildman–Crippen LogP) is 5.98. The Kier molecular flexibility index (Phi) is 8.04. The Morgan fingerprint density at radius 2 is 1.70 bits per heavy atom. The number of amides is 5. The summed E-state index contributed by atoms with van der Waals surface area (Å²) in [6, 6.07) is 14.3. The van der Waals surface area contributed by atoms with Crippen molar-refractivity contribution in [2.75, 3.05) is 16.8 Å². The van der Waals surface area contributed by atoms with Gasteiger partial charge in [0.15, 0.2) is 6.61 Å². The van der Waals surface area contributed by atoms with Crippen LogP contribution in [0.3, 0.4) is 0 Å². The van der Waals surface area contributed by atoms with Crippen LogP contribution >= 0.6 is 46.4 Å². The molecule has 0 unspecified atom stereocenters. The van der Waals surface area contributed by atoms with Crippen LogP contribution in [0.15, 0.2) is 66.2 Å². The molecule has 3 aromatic rings. The van der Waals surface area contributed by atoms with E-state index in [0.29, 0.717) is 26.3 Å². The normalized spacial score (nSPS) is 14.5. The van der Waals surface area contributed by atoms with Crippen LogP contribution in [0.4, 0.5) is 16.2 Å². The van der Waals surface area contributed by atoms with E-state index in [1.807, 2.05) is 0 Å². The summed E-state index contributed by atoms with van der Waals surface area (Å²) in [5.74, 6) is -1.95. The fraction of sp³-hybridized carbons (Fsp3) is 0.0400. The first-order valence-corrected chi connectivity index (χ1v) is 12.0. The van der Waals surface area contributed by atoms with E-state index in [9.17, 15) is 19.2 Å². The molecule has 0 spiro atoms. The highest BCUT2D eigenvalue weighted by Gasteiger charge is 2.36. The Labute approximate surface area is 230 Å². The van der Waals surface area contributed by atoms with E-state index in [1.54, 1.807) is 24.3 Å². The van der Waals surface area contributed by atoms with Crippen molar-refractivity contribution in [1.29, 1.82) is 0 Å². The van der Waals surface area contributed by atoms with Gasteiger partial charge in [-0.2, -0.15) is 0 Å². The maximum absolute atomic E-state index is 13.0. The van der Waals surface area contributed by atoms with Gasteiger partial charge in [0, 0.05) is 10.7 Å². The number of anilines is 2. The molecule has 12 heteroatoms. The average Bonchev–Trinajstić information content (AvgIpc) is 2.83. The summed E-state index contributed by atoms with van der Waals surface area (Å²) >= 11 is 24.1. The van der Waals surface area contributed by atoms with Crippen molar-refractivity contribution in [1.82, 2.24) is 5.32 Å². The Morgan fingerprint density at radius 3 is 2.41 bits per heavy atom. The fourth-order valence-corrected chi connectivity index (χ4v) is 4.04. The molecule has 1 saturated heterocycles. The van der Waals surface area contributed by atoms with Gasteiger partial charge in [-0.3, -0.25) is 19.7 Å². The van der Waals surface area contributed by atoms with Crippen molar-refractivity contribution >= 4 is 87.6 Å². The smallest absolute Gasteiger partial charge is 0.335 e. The molecule has 0 aliphatic carbocycles. The van der Waals surface area contributed by atoms with Gasteiger partial charge in [-0.1, -0.05) is 58.5 Å². The molecule has 0 aromatic heterocycles. The van der Waals surface area contributed by atoms with Gasteiger partial charge >= 0.3 is 6.03 Å². The summed E-state index contributed by atoms with van der Waals surface area (Å²) in [6.07, 6.45) is 1.29. The predicted molar refractivity (Wildman–Crippen MR) is 142 cm³/mol. The SMILES string of the molecule is O=C(COc1ccc(/C=C2\C(=O)NC(=O)N(c3cccc(Cl)c3)C2=O)cc1Cl)Nc1ccc(Cl)c(Cl)c1. The summed E-state index contributed by atoms with van der Waals surface area (Å²) in [4.78, 5) is 50.7. The summed E-state index contributed by atoms with van der Waals surface area (Å²) < 4.78 is 5.48. The molecule has 1 heterocycles. The Bertz CT molecular complexity index is 1470. The van der Waals surface area contributed by atoms with Crippen LogP contribution in [0.2, 0.25) is 20.1 Å². The average molecular weight is 579 g/mol. The highest BCUT2D eigenvalue weighted by molar-refractivity contribution is 6.42. The molecule has 0 bridgehead atoms. The van der Waals surface area contributed by atoms with Crippen LogP contribution in [0, 0.1) is 0 Å². The van der Waals surface area contributed by atoms with Gasteiger partial charge in [0.05, 0.1) is 20.8 Å². The number of urea groups is 1. The lowest BCUT2D eigenvalue weighted by Crippen LogP contribution is -2.54. The molecule has 1 aliphatic rings. The number of halogens is 4. The zero-order valence-electron chi connectivity index (χ0n) is 18.6. The first kappa shape index (κ1) is 26.5. The number of hydrogen-bond donors (Lipinski definition) is 2. The number of carbonyl (C=O) groups is 4.